The maximum atomic E-state index is 12.4. The third kappa shape index (κ3) is 3.30. The fraction of sp³-hybridized carbons (Fsp3) is 0.286. The van der Waals surface area contributed by atoms with E-state index in [0.29, 0.717) is 21.3 Å². The van der Waals surface area contributed by atoms with Crippen LogP contribution in [0.2, 0.25) is 0 Å². The average molecular weight is 447 g/mol. The number of aromatic amines is 1. The fourth-order valence-electron chi connectivity index (χ4n) is 2.21. The van der Waals surface area contributed by atoms with Crippen molar-refractivity contribution in [2.75, 3.05) is 7.11 Å². The predicted molar refractivity (Wildman–Crippen MR) is 89.8 cm³/mol. The number of halogens is 2. The number of carbonyl (C=O) groups excluding carboxylic acids is 2. The molecule has 0 radical (unpaired) electrons. The molecule has 2 aromatic rings. The third-order valence-corrected chi connectivity index (χ3v) is 5.24. The molecule has 23 heavy (non-hydrogen) atoms. The number of H-pyrrole nitrogens is 1. The number of nitrogens with one attached hydrogen (secondary N) is 1. The number of carbonyl (C=O) groups is 2. The molecule has 0 saturated heterocycles. The molecule has 0 aromatic carbocycles. The van der Waals surface area contributed by atoms with Gasteiger partial charge in [-0.3, -0.25) is 9.59 Å². The molecule has 122 valence electrons. The van der Waals surface area contributed by atoms with Crippen molar-refractivity contribution in [2.24, 2.45) is 0 Å². The van der Waals surface area contributed by atoms with Gasteiger partial charge >= 0.3 is 5.97 Å². The van der Waals surface area contributed by atoms with Crippen LogP contribution in [0.15, 0.2) is 19.9 Å². The van der Waals surface area contributed by atoms with Gasteiger partial charge in [-0.05, 0) is 51.3 Å². The van der Waals surface area contributed by atoms with E-state index in [9.17, 15) is 14.4 Å². The molecule has 1 N–H and O–H groups in total. The smallest absolute Gasteiger partial charge is 0.339 e. The van der Waals surface area contributed by atoms with E-state index in [4.69, 9.17) is 4.74 Å². The van der Waals surface area contributed by atoms with Crippen molar-refractivity contribution < 1.29 is 14.3 Å². The van der Waals surface area contributed by atoms with Crippen LogP contribution in [-0.4, -0.2) is 33.6 Å². The summed E-state index contributed by atoms with van der Waals surface area (Å²) in [5.74, 6) is -0.874. The van der Waals surface area contributed by atoms with Gasteiger partial charge in [0.05, 0.1) is 29.0 Å². The van der Waals surface area contributed by atoms with Crippen molar-refractivity contribution in [3.8, 4) is 0 Å². The van der Waals surface area contributed by atoms with Gasteiger partial charge in [-0.1, -0.05) is 0 Å². The van der Waals surface area contributed by atoms with Crippen LogP contribution in [0.1, 0.15) is 32.1 Å². The molecule has 0 fully saturated rings. The maximum absolute atomic E-state index is 12.4. The van der Waals surface area contributed by atoms with Crippen molar-refractivity contribution in [3.05, 3.63) is 48.0 Å². The number of methoxy groups -OCH3 is 1. The monoisotopic (exact) mass is 445 g/mol. The lowest BCUT2D eigenvalue weighted by Crippen LogP contribution is -2.27. The first-order valence-electron chi connectivity index (χ1n) is 6.49. The Labute approximate surface area is 148 Å². The highest BCUT2D eigenvalue weighted by atomic mass is 79.9. The molecule has 0 bridgehead atoms. The number of Topliss-reactive ketones (excluding diaryl/α,β-unsaturated/α-hetero) is 1. The zero-order valence-corrected chi connectivity index (χ0v) is 15.7. The average Bonchev–Trinajstić information content (AvgIpc) is 2.82. The Morgan fingerprint density at radius 2 is 2.00 bits per heavy atom. The summed E-state index contributed by atoms with van der Waals surface area (Å²) in [6.45, 7) is 3.08. The van der Waals surface area contributed by atoms with Gasteiger partial charge in [0.15, 0.2) is 0 Å². The van der Waals surface area contributed by atoms with E-state index in [2.05, 4.69) is 41.9 Å². The van der Waals surface area contributed by atoms with Gasteiger partial charge in [0.1, 0.15) is 11.0 Å². The molecule has 0 atom stereocenters. The molecule has 2 aromatic heterocycles. The summed E-state index contributed by atoms with van der Waals surface area (Å²) in [6, 6.07) is 0. The second-order valence-corrected chi connectivity index (χ2v) is 6.46. The largest absolute Gasteiger partial charge is 0.465 e. The number of hydrogen-bond acceptors (Lipinski definition) is 5. The Kier molecular flexibility index (Phi) is 5.20. The van der Waals surface area contributed by atoms with E-state index in [1.54, 1.807) is 13.8 Å². The van der Waals surface area contributed by atoms with Crippen LogP contribution >= 0.6 is 31.9 Å². The standard InChI is InChI=1S/C14H13Br2N3O4/c1-6-10(14(22)23-3)7(2)18-12(6)9(20)5-19-13(21)11(16)8(15)4-17-19/h4,18H,5H2,1-3H3. The Bertz CT molecular complexity index is 854. The molecular weight excluding hydrogens is 434 g/mol. The summed E-state index contributed by atoms with van der Waals surface area (Å²) in [7, 11) is 1.28. The molecule has 7 nitrogen and oxygen atoms in total. The Hall–Kier alpha value is -1.74. The number of aryl methyl sites for hydroxylation is 1. The number of nitrogens with zero attached hydrogens (tertiary/aromatic N) is 2. The Balaban J connectivity index is 2.38. The van der Waals surface area contributed by atoms with Crippen LogP contribution in [-0.2, 0) is 11.3 Å². The summed E-state index contributed by atoms with van der Waals surface area (Å²) in [5.41, 5.74) is 1.18. The highest BCUT2D eigenvalue weighted by molar-refractivity contribution is 9.13. The van der Waals surface area contributed by atoms with Crippen molar-refractivity contribution in [1.82, 2.24) is 14.8 Å². The van der Waals surface area contributed by atoms with E-state index >= 15 is 0 Å². The summed E-state index contributed by atoms with van der Waals surface area (Å²) >= 11 is 6.31. The number of rotatable bonds is 4. The number of hydrogen-bond donors (Lipinski definition) is 1. The molecule has 0 aliphatic heterocycles. The minimum Gasteiger partial charge on any atom is -0.465 e. The molecule has 0 aliphatic rings. The second kappa shape index (κ2) is 6.79. The number of ketones is 1. The van der Waals surface area contributed by atoms with Crippen LogP contribution in [0.3, 0.4) is 0 Å². The van der Waals surface area contributed by atoms with Gasteiger partial charge in [-0.2, -0.15) is 5.10 Å². The number of aromatic nitrogens is 3. The van der Waals surface area contributed by atoms with Gasteiger partial charge in [-0.25, -0.2) is 9.48 Å². The summed E-state index contributed by atoms with van der Waals surface area (Å²) < 4.78 is 6.55. The Morgan fingerprint density at radius 1 is 1.35 bits per heavy atom. The zero-order valence-electron chi connectivity index (χ0n) is 12.6. The molecule has 0 saturated carbocycles. The molecule has 2 rings (SSSR count). The molecule has 0 amide bonds. The molecular formula is C14H13Br2N3O4. The molecule has 0 aliphatic carbocycles. The topological polar surface area (TPSA) is 94.1 Å². The van der Waals surface area contributed by atoms with Crippen molar-refractivity contribution in [3.63, 3.8) is 0 Å². The van der Waals surface area contributed by atoms with E-state index in [1.165, 1.54) is 13.3 Å². The Morgan fingerprint density at radius 3 is 2.61 bits per heavy atom. The first-order chi connectivity index (χ1) is 10.8. The number of esters is 1. The lowest BCUT2D eigenvalue weighted by Gasteiger charge is -2.05. The fourth-order valence-corrected chi connectivity index (χ4v) is 2.78. The molecule has 0 unspecified atom stereocenters. The lowest BCUT2D eigenvalue weighted by molar-refractivity contribution is 0.0599. The van der Waals surface area contributed by atoms with Crippen LogP contribution in [0.5, 0.6) is 0 Å². The molecule has 2 heterocycles. The quantitative estimate of drug-likeness (QED) is 0.574. The third-order valence-electron chi connectivity index (χ3n) is 3.34. The summed E-state index contributed by atoms with van der Waals surface area (Å²) in [5, 5.41) is 3.92. The second-order valence-electron chi connectivity index (χ2n) is 4.81. The first kappa shape index (κ1) is 17.6. The highest BCUT2D eigenvalue weighted by Gasteiger charge is 2.23. The van der Waals surface area contributed by atoms with Crippen molar-refractivity contribution in [2.45, 2.75) is 20.4 Å². The summed E-state index contributed by atoms with van der Waals surface area (Å²) in [4.78, 5) is 39.1. The van der Waals surface area contributed by atoms with E-state index < -0.39 is 11.5 Å². The van der Waals surface area contributed by atoms with Crippen LogP contribution in [0.25, 0.3) is 0 Å². The van der Waals surface area contributed by atoms with E-state index in [1.807, 2.05) is 0 Å². The van der Waals surface area contributed by atoms with E-state index in [-0.39, 0.29) is 22.5 Å². The molecule has 0 spiro atoms. The van der Waals surface area contributed by atoms with Crippen LogP contribution in [0, 0.1) is 13.8 Å². The lowest BCUT2D eigenvalue weighted by atomic mass is 10.1. The maximum Gasteiger partial charge on any atom is 0.339 e. The minimum atomic E-state index is -0.517. The highest BCUT2D eigenvalue weighted by Crippen LogP contribution is 2.20. The van der Waals surface area contributed by atoms with Crippen LogP contribution in [0.4, 0.5) is 0 Å². The molecule has 9 heteroatoms. The van der Waals surface area contributed by atoms with Crippen molar-refractivity contribution in [1.29, 1.82) is 0 Å². The first-order valence-corrected chi connectivity index (χ1v) is 8.08. The van der Waals surface area contributed by atoms with E-state index in [0.717, 1.165) is 4.68 Å². The normalized spacial score (nSPS) is 10.7. The van der Waals surface area contributed by atoms with Gasteiger partial charge in [0, 0.05) is 5.69 Å². The zero-order chi connectivity index (χ0) is 17.3. The van der Waals surface area contributed by atoms with Gasteiger partial charge in [0.25, 0.3) is 5.56 Å². The van der Waals surface area contributed by atoms with Crippen molar-refractivity contribution >= 4 is 43.6 Å². The van der Waals surface area contributed by atoms with Gasteiger partial charge in [-0.15, -0.1) is 0 Å². The number of ether oxygens (including phenoxy) is 1. The van der Waals surface area contributed by atoms with Gasteiger partial charge < -0.3 is 9.72 Å². The minimum absolute atomic E-state index is 0.244. The van der Waals surface area contributed by atoms with Crippen LogP contribution < -0.4 is 5.56 Å². The van der Waals surface area contributed by atoms with Gasteiger partial charge in [0.2, 0.25) is 5.78 Å². The predicted octanol–water partition coefficient (Wildman–Crippen LogP) is 2.38. The SMILES string of the molecule is COC(=O)c1c(C)[nH]c(C(=O)Cn2ncc(Br)c(Br)c2=O)c1C. The summed E-state index contributed by atoms with van der Waals surface area (Å²) in [6.07, 6.45) is 1.42.